The molecule has 0 radical (unpaired) electrons. The van der Waals surface area contributed by atoms with Crippen LogP contribution in [0, 0.1) is 13.8 Å². The second-order valence-corrected chi connectivity index (χ2v) is 6.93. The SMILES string of the molecule is Cc1cc(C)c2nc(NC(=O)c3ccc(-n4cccn4)cc3)sc2c1. The van der Waals surface area contributed by atoms with Gasteiger partial charge in [0, 0.05) is 18.0 Å². The van der Waals surface area contributed by atoms with Crippen molar-refractivity contribution in [3.8, 4) is 5.69 Å². The molecule has 0 bridgehead atoms. The first-order valence-electron chi connectivity index (χ1n) is 7.89. The lowest BCUT2D eigenvalue weighted by Gasteiger charge is -2.04. The third-order valence-corrected chi connectivity index (χ3v) is 4.87. The van der Waals surface area contributed by atoms with Crippen LogP contribution in [0.2, 0.25) is 0 Å². The molecule has 0 saturated carbocycles. The largest absolute Gasteiger partial charge is 0.298 e. The molecule has 0 unspecified atom stereocenters. The van der Waals surface area contributed by atoms with Crippen molar-refractivity contribution in [1.29, 1.82) is 0 Å². The average Bonchev–Trinajstić information content (AvgIpc) is 3.24. The highest BCUT2D eigenvalue weighted by molar-refractivity contribution is 7.22. The number of aryl methyl sites for hydroxylation is 2. The van der Waals surface area contributed by atoms with Crippen LogP contribution >= 0.6 is 11.3 Å². The van der Waals surface area contributed by atoms with Crippen LogP contribution in [0.3, 0.4) is 0 Å². The molecule has 2 aromatic carbocycles. The van der Waals surface area contributed by atoms with Gasteiger partial charge in [0.1, 0.15) is 0 Å². The van der Waals surface area contributed by atoms with E-state index in [1.165, 1.54) is 16.9 Å². The van der Waals surface area contributed by atoms with E-state index >= 15 is 0 Å². The van der Waals surface area contributed by atoms with Crippen LogP contribution in [-0.2, 0) is 0 Å². The fraction of sp³-hybridized carbons (Fsp3) is 0.105. The van der Waals surface area contributed by atoms with Gasteiger partial charge in [0.2, 0.25) is 0 Å². The first-order chi connectivity index (χ1) is 12.1. The number of carbonyl (C=O) groups is 1. The number of thiazole rings is 1. The summed E-state index contributed by atoms with van der Waals surface area (Å²) < 4.78 is 2.84. The van der Waals surface area contributed by atoms with Crippen molar-refractivity contribution < 1.29 is 4.79 Å². The standard InChI is InChI=1S/C19H16N4OS/c1-12-10-13(2)17-16(11-12)25-19(21-17)22-18(24)14-4-6-15(7-5-14)23-9-3-8-20-23/h3-11H,1-2H3,(H,21,22,24). The zero-order chi connectivity index (χ0) is 17.4. The summed E-state index contributed by atoms with van der Waals surface area (Å²) in [6.45, 7) is 4.10. The molecule has 25 heavy (non-hydrogen) atoms. The molecule has 2 aromatic heterocycles. The van der Waals surface area contributed by atoms with Crippen molar-refractivity contribution in [2.24, 2.45) is 0 Å². The van der Waals surface area contributed by atoms with Crippen molar-refractivity contribution in [3.63, 3.8) is 0 Å². The van der Waals surface area contributed by atoms with Crippen molar-refractivity contribution in [2.75, 3.05) is 5.32 Å². The molecule has 4 aromatic rings. The van der Waals surface area contributed by atoms with Gasteiger partial charge in [-0.1, -0.05) is 17.4 Å². The Kier molecular flexibility index (Phi) is 3.82. The van der Waals surface area contributed by atoms with Crippen LogP contribution in [0.15, 0.2) is 54.9 Å². The monoisotopic (exact) mass is 348 g/mol. The Labute approximate surface area is 149 Å². The first kappa shape index (κ1) is 15.5. The van der Waals surface area contributed by atoms with E-state index in [0.29, 0.717) is 10.7 Å². The smallest absolute Gasteiger partial charge is 0.257 e. The second kappa shape index (κ2) is 6.14. The van der Waals surface area contributed by atoms with Gasteiger partial charge in [0.25, 0.3) is 5.91 Å². The summed E-state index contributed by atoms with van der Waals surface area (Å²) in [6, 6.07) is 13.4. The van der Waals surface area contributed by atoms with Gasteiger partial charge in [0.15, 0.2) is 5.13 Å². The number of aromatic nitrogens is 3. The van der Waals surface area contributed by atoms with Crippen molar-refractivity contribution >= 4 is 32.6 Å². The normalized spacial score (nSPS) is 11.0. The summed E-state index contributed by atoms with van der Waals surface area (Å²) in [5, 5.41) is 7.69. The highest BCUT2D eigenvalue weighted by atomic mass is 32.1. The van der Waals surface area contributed by atoms with Gasteiger partial charge in [-0.15, -0.1) is 0 Å². The topological polar surface area (TPSA) is 59.8 Å². The zero-order valence-electron chi connectivity index (χ0n) is 13.9. The molecular weight excluding hydrogens is 332 g/mol. The lowest BCUT2D eigenvalue weighted by molar-refractivity contribution is 0.102. The van der Waals surface area contributed by atoms with Crippen LogP contribution in [-0.4, -0.2) is 20.7 Å². The van der Waals surface area contributed by atoms with E-state index in [4.69, 9.17) is 0 Å². The number of carbonyl (C=O) groups excluding carboxylic acids is 1. The van der Waals surface area contributed by atoms with Crippen molar-refractivity contribution in [3.05, 3.63) is 71.5 Å². The summed E-state index contributed by atoms with van der Waals surface area (Å²) in [4.78, 5) is 17.0. The molecule has 0 spiro atoms. The highest BCUT2D eigenvalue weighted by Gasteiger charge is 2.11. The maximum Gasteiger partial charge on any atom is 0.257 e. The summed E-state index contributed by atoms with van der Waals surface area (Å²) >= 11 is 1.49. The molecule has 0 aliphatic rings. The molecule has 6 heteroatoms. The zero-order valence-corrected chi connectivity index (χ0v) is 14.7. The number of hydrogen-bond donors (Lipinski definition) is 1. The summed E-state index contributed by atoms with van der Waals surface area (Å²) in [5.74, 6) is -0.166. The number of benzene rings is 2. The first-order valence-corrected chi connectivity index (χ1v) is 8.71. The third-order valence-electron chi connectivity index (χ3n) is 3.95. The van der Waals surface area contributed by atoms with E-state index in [1.807, 2.05) is 31.3 Å². The van der Waals surface area contributed by atoms with E-state index in [9.17, 15) is 4.79 Å². The Bertz CT molecular complexity index is 1050. The number of amides is 1. The van der Waals surface area contributed by atoms with Gasteiger partial charge in [0.05, 0.1) is 15.9 Å². The Hall–Kier alpha value is -2.99. The number of nitrogens with zero attached hydrogens (tertiary/aromatic N) is 3. The van der Waals surface area contributed by atoms with E-state index in [2.05, 4.69) is 34.5 Å². The molecule has 4 rings (SSSR count). The fourth-order valence-electron chi connectivity index (χ4n) is 2.78. The predicted molar refractivity (Wildman–Crippen MR) is 101 cm³/mol. The number of nitrogens with one attached hydrogen (secondary N) is 1. The van der Waals surface area contributed by atoms with Gasteiger partial charge >= 0.3 is 0 Å². The Balaban J connectivity index is 1.56. The lowest BCUT2D eigenvalue weighted by atomic mass is 10.1. The minimum Gasteiger partial charge on any atom is -0.298 e. The summed E-state index contributed by atoms with van der Waals surface area (Å²) in [6.07, 6.45) is 3.58. The highest BCUT2D eigenvalue weighted by Crippen LogP contribution is 2.29. The molecule has 0 aliphatic carbocycles. The average molecular weight is 348 g/mol. The van der Waals surface area contributed by atoms with E-state index < -0.39 is 0 Å². The summed E-state index contributed by atoms with van der Waals surface area (Å²) in [7, 11) is 0. The van der Waals surface area contributed by atoms with Crippen LogP contribution in [0.1, 0.15) is 21.5 Å². The molecule has 0 fully saturated rings. The molecule has 0 saturated heterocycles. The molecular formula is C19H16N4OS. The van der Waals surface area contributed by atoms with Gasteiger partial charge < -0.3 is 0 Å². The molecule has 0 atom stereocenters. The molecule has 1 amide bonds. The Morgan fingerprint density at radius 3 is 2.68 bits per heavy atom. The number of fused-ring (bicyclic) bond motifs is 1. The fourth-order valence-corrected chi connectivity index (χ4v) is 3.82. The Morgan fingerprint density at radius 2 is 1.96 bits per heavy atom. The van der Waals surface area contributed by atoms with E-state index in [-0.39, 0.29) is 5.91 Å². The molecule has 0 aliphatic heterocycles. The van der Waals surface area contributed by atoms with E-state index in [1.54, 1.807) is 23.0 Å². The van der Waals surface area contributed by atoms with Gasteiger partial charge in [-0.2, -0.15) is 5.10 Å². The number of rotatable bonds is 3. The van der Waals surface area contributed by atoms with E-state index in [0.717, 1.165) is 21.5 Å². The number of anilines is 1. The molecule has 124 valence electrons. The molecule has 5 nitrogen and oxygen atoms in total. The van der Waals surface area contributed by atoms with Crippen molar-refractivity contribution in [1.82, 2.24) is 14.8 Å². The van der Waals surface area contributed by atoms with Crippen LogP contribution < -0.4 is 5.32 Å². The predicted octanol–water partition coefficient (Wildman–Crippen LogP) is 4.35. The minimum absolute atomic E-state index is 0.166. The van der Waals surface area contributed by atoms with Gasteiger partial charge in [-0.05, 0) is 61.4 Å². The van der Waals surface area contributed by atoms with Gasteiger partial charge in [-0.25, -0.2) is 9.67 Å². The number of hydrogen-bond acceptors (Lipinski definition) is 4. The summed E-state index contributed by atoms with van der Waals surface area (Å²) in [5.41, 5.74) is 4.76. The maximum atomic E-state index is 12.5. The van der Waals surface area contributed by atoms with Crippen LogP contribution in [0.25, 0.3) is 15.9 Å². The minimum atomic E-state index is -0.166. The second-order valence-electron chi connectivity index (χ2n) is 5.90. The lowest BCUT2D eigenvalue weighted by Crippen LogP contribution is -2.11. The third kappa shape index (κ3) is 3.04. The van der Waals surface area contributed by atoms with Gasteiger partial charge in [-0.3, -0.25) is 10.1 Å². The molecule has 1 N–H and O–H groups in total. The maximum absolute atomic E-state index is 12.5. The Morgan fingerprint density at radius 1 is 1.16 bits per heavy atom. The van der Waals surface area contributed by atoms with Crippen molar-refractivity contribution in [2.45, 2.75) is 13.8 Å². The van der Waals surface area contributed by atoms with Crippen LogP contribution in [0.4, 0.5) is 5.13 Å². The van der Waals surface area contributed by atoms with Crippen LogP contribution in [0.5, 0.6) is 0 Å². The quantitative estimate of drug-likeness (QED) is 0.599. The molecule has 2 heterocycles.